The molecule has 76 valence electrons. The smallest absolute Gasteiger partial charge is 0.231 e. The van der Waals surface area contributed by atoms with E-state index >= 15 is 0 Å². The number of hydrogen-bond acceptors (Lipinski definition) is 3. The summed E-state index contributed by atoms with van der Waals surface area (Å²) in [4.78, 5) is 0. The van der Waals surface area contributed by atoms with Crippen LogP contribution < -0.4 is 14.8 Å². The molecule has 1 aliphatic rings. The molecule has 14 heavy (non-hydrogen) atoms. The van der Waals surface area contributed by atoms with Crippen molar-refractivity contribution in [1.29, 1.82) is 0 Å². The normalized spacial score (nSPS) is 26.1. The van der Waals surface area contributed by atoms with Crippen LogP contribution in [0.2, 0.25) is 0 Å². The van der Waals surface area contributed by atoms with Gasteiger partial charge in [-0.1, -0.05) is 6.07 Å². The van der Waals surface area contributed by atoms with Crippen molar-refractivity contribution in [2.24, 2.45) is 0 Å². The Bertz CT molecular complexity index is 518. The molecule has 0 saturated carbocycles. The van der Waals surface area contributed by atoms with Crippen molar-refractivity contribution in [2.75, 3.05) is 13.8 Å². The summed E-state index contributed by atoms with van der Waals surface area (Å²) < 4.78 is 56.8. The number of hydrogen-bond donors (Lipinski definition) is 1. The highest BCUT2D eigenvalue weighted by molar-refractivity contribution is 5.44. The Morgan fingerprint density at radius 3 is 3.29 bits per heavy atom. The van der Waals surface area contributed by atoms with Gasteiger partial charge in [-0.25, -0.2) is 0 Å². The standard InChI is InChI=1S/C11H15NO2/c1-8(12-2)5-9-3-4-10-11(6-9)14-7-13-10/h3-4,6,8,12H,5,7H2,1-2H3/i1D3,5D2,8D. The van der Waals surface area contributed by atoms with Gasteiger partial charge in [0.25, 0.3) is 0 Å². The zero-order chi connectivity index (χ0) is 15.2. The van der Waals surface area contributed by atoms with Crippen LogP contribution in [0.25, 0.3) is 0 Å². The molecule has 1 aromatic rings. The summed E-state index contributed by atoms with van der Waals surface area (Å²) in [6, 6.07) is 1.80. The maximum absolute atomic E-state index is 8.10. The van der Waals surface area contributed by atoms with Gasteiger partial charge in [-0.05, 0) is 38.0 Å². The maximum Gasteiger partial charge on any atom is 0.231 e. The monoisotopic (exact) mass is 199 g/mol. The van der Waals surface area contributed by atoms with Crippen LogP contribution in [0.15, 0.2) is 18.2 Å². The van der Waals surface area contributed by atoms with Gasteiger partial charge in [0.1, 0.15) is 0 Å². The van der Waals surface area contributed by atoms with E-state index < -0.39 is 19.2 Å². The molecule has 0 amide bonds. The Morgan fingerprint density at radius 2 is 2.50 bits per heavy atom. The van der Waals surface area contributed by atoms with Crippen LogP contribution in [0, 0.1) is 0 Å². The van der Waals surface area contributed by atoms with Crippen molar-refractivity contribution in [3.05, 3.63) is 23.8 Å². The van der Waals surface area contributed by atoms with Crippen molar-refractivity contribution in [3.8, 4) is 11.5 Å². The average Bonchev–Trinajstić information content (AvgIpc) is 2.83. The van der Waals surface area contributed by atoms with Crippen molar-refractivity contribution in [1.82, 2.24) is 5.32 Å². The molecule has 3 nitrogen and oxygen atoms in total. The Kier molecular flexibility index (Phi) is 1.26. The van der Waals surface area contributed by atoms with Gasteiger partial charge in [0.2, 0.25) is 6.79 Å². The quantitative estimate of drug-likeness (QED) is 0.801. The Morgan fingerprint density at radius 1 is 1.64 bits per heavy atom. The number of ether oxygens (including phenoxy) is 2. The number of nitrogens with one attached hydrogen (secondary N) is 1. The van der Waals surface area contributed by atoms with Crippen LogP contribution in [-0.2, 0) is 6.37 Å². The molecular formula is C11H15NO2. The van der Waals surface area contributed by atoms with E-state index in [2.05, 4.69) is 5.32 Å². The topological polar surface area (TPSA) is 30.5 Å². The van der Waals surface area contributed by atoms with Crippen molar-refractivity contribution >= 4 is 0 Å². The van der Waals surface area contributed by atoms with E-state index in [1.807, 2.05) is 0 Å². The third-order valence-electron chi connectivity index (χ3n) is 1.89. The molecule has 3 heteroatoms. The lowest BCUT2D eigenvalue weighted by Crippen LogP contribution is -2.23. The van der Waals surface area contributed by atoms with Crippen molar-refractivity contribution in [3.63, 3.8) is 0 Å². The summed E-state index contributed by atoms with van der Waals surface area (Å²) in [5, 5.41) is 2.28. The average molecular weight is 199 g/mol. The molecule has 0 aliphatic carbocycles. The highest BCUT2D eigenvalue weighted by Gasteiger charge is 2.13. The molecule has 0 radical (unpaired) electrons. The fourth-order valence-electron chi connectivity index (χ4n) is 1.18. The fourth-order valence-corrected chi connectivity index (χ4v) is 1.18. The van der Waals surface area contributed by atoms with Gasteiger partial charge < -0.3 is 14.8 Å². The summed E-state index contributed by atoms with van der Waals surface area (Å²) in [5.74, 6) is 0.814. The molecule has 1 N–H and O–H groups in total. The first-order valence-corrected chi connectivity index (χ1v) is 4.22. The largest absolute Gasteiger partial charge is 0.454 e. The van der Waals surface area contributed by atoms with Gasteiger partial charge in [-0.15, -0.1) is 0 Å². The zero-order valence-corrected chi connectivity index (χ0v) is 7.76. The van der Waals surface area contributed by atoms with E-state index in [9.17, 15) is 0 Å². The zero-order valence-electron chi connectivity index (χ0n) is 13.8. The first kappa shape index (κ1) is 4.53. The lowest BCUT2D eigenvalue weighted by atomic mass is 10.1. The molecule has 0 aromatic heterocycles. The Balaban J connectivity index is 2.48. The second-order valence-electron chi connectivity index (χ2n) is 2.82. The van der Waals surface area contributed by atoms with Crippen LogP contribution >= 0.6 is 0 Å². The molecule has 1 aliphatic heterocycles. The molecule has 0 fully saturated rings. The van der Waals surface area contributed by atoms with Crippen LogP contribution in [-0.4, -0.2) is 19.9 Å². The summed E-state index contributed by atoms with van der Waals surface area (Å²) in [6.07, 6.45) is -2.45. The first-order chi connectivity index (χ1) is 9.13. The molecule has 1 heterocycles. The van der Waals surface area contributed by atoms with Gasteiger partial charge >= 0.3 is 0 Å². The first-order valence-electron chi connectivity index (χ1n) is 7.22. The summed E-state index contributed by atoms with van der Waals surface area (Å²) in [6.45, 7) is -2.80. The fraction of sp³-hybridized carbons (Fsp3) is 0.455. The van der Waals surface area contributed by atoms with Gasteiger partial charge in [0.15, 0.2) is 11.5 Å². The molecule has 0 bridgehead atoms. The molecule has 1 aromatic carbocycles. The molecule has 0 spiro atoms. The predicted octanol–water partition coefficient (Wildman–Crippen LogP) is 1.57. The number of likely N-dealkylation sites (N-methyl/N-ethyl adjacent to an activating group) is 1. The lowest BCUT2D eigenvalue weighted by molar-refractivity contribution is 0.174. The third-order valence-corrected chi connectivity index (χ3v) is 1.89. The second-order valence-corrected chi connectivity index (χ2v) is 2.82. The van der Waals surface area contributed by atoms with Gasteiger partial charge in [-0.3, -0.25) is 0 Å². The van der Waals surface area contributed by atoms with Crippen molar-refractivity contribution < 1.29 is 17.7 Å². The second kappa shape index (κ2) is 3.88. The Hall–Kier alpha value is -1.22. The number of benzene rings is 1. The molecule has 2 rings (SSSR count). The van der Waals surface area contributed by atoms with Crippen LogP contribution in [0.5, 0.6) is 11.5 Å². The van der Waals surface area contributed by atoms with E-state index in [0.29, 0.717) is 11.5 Å². The molecule has 1 atom stereocenters. The predicted molar refractivity (Wildman–Crippen MR) is 54.8 cm³/mol. The van der Waals surface area contributed by atoms with Crippen LogP contribution in [0.4, 0.5) is 0 Å². The minimum atomic E-state index is -2.85. The summed E-state index contributed by atoms with van der Waals surface area (Å²) in [5.41, 5.74) is 0.0437. The highest BCUT2D eigenvalue weighted by atomic mass is 16.7. The number of rotatable bonds is 3. The highest BCUT2D eigenvalue weighted by Crippen LogP contribution is 2.32. The lowest BCUT2D eigenvalue weighted by Gasteiger charge is -2.09. The minimum absolute atomic E-state index is 0.0408. The van der Waals surface area contributed by atoms with Crippen LogP contribution in [0.1, 0.15) is 20.6 Å². The number of fused-ring (bicyclic) bond motifs is 1. The van der Waals surface area contributed by atoms with E-state index in [-0.39, 0.29) is 12.4 Å². The Labute approximate surface area is 92.5 Å². The molecular weight excluding hydrogens is 178 g/mol. The van der Waals surface area contributed by atoms with Crippen LogP contribution in [0.3, 0.4) is 0 Å². The van der Waals surface area contributed by atoms with E-state index in [1.54, 1.807) is 0 Å². The molecule has 0 saturated heterocycles. The van der Waals surface area contributed by atoms with E-state index in [1.165, 1.54) is 25.2 Å². The SMILES string of the molecule is [2H]C([2H])([2H])C([2H])(NC)C([2H])([2H])c1ccc2c(c1)OCO2. The summed E-state index contributed by atoms with van der Waals surface area (Å²) in [7, 11) is 1.25. The minimum Gasteiger partial charge on any atom is -0.454 e. The van der Waals surface area contributed by atoms with Crippen molar-refractivity contribution in [2.45, 2.75) is 19.2 Å². The van der Waals surface area contributed by atoms with Gasteiger partial charge in [-0.2, -0.15) is 0 Å². The third kappa shape index (κ3) is 1.82. The van der Waals surface area contributed by atoms with Gasteiger partial charge in [0, 0.05) is 14.2 Å². The van der Waals surface area contributed by atoms with E-state index in [0.717, 1.165) is 0 Å². The van der Waals surface area contributed by atoms with Gasteiger partial charge in [0.05, 0.1) is 0 Å². The molecule has 1 unspecified atom stereocenters. The maximum atomic E-state index is 8.10. The summed E-state index contributed by atoms with van der Waals surface area (Å²) >= 11 is 0. The van der Waals surface area contributed by atoms with E-state index in [4.69, 9.17) is 17.7 Å².